The number of hydrogen-bond acceptors (Lipinski definition) is 3. The van der Waals surface area contributed by atoms with Crippen LogP contribution < -0.4 is 10.5 Å². The number of nitrogens with zero attached hydrogens (tertiary/aromatic N) is 1. The Morgan fingerprint density at radius 3 is 2.71 bits per heavy atom. The molecule has 0 atom stereocenters. The fourth-order valence-electron chi connectivity index (χ4n) is 1.59. The first-order chi connectivity index (χ1) is 7.97. The second kappa shape index (κ2) is 5.39. The smallest absolute Gasteiger partial charge is 0.256 e. The highest BCUT2D eigenvalue weighted by atomic mass is 16.5. The maximum absolute atomic E-state index is 12.1. The molecule has 1 amide bonds. The average Bonchev–Trinajstić information content (AvgIpc) is 2.27. The van der Waals surface area contributed by atoms with Crippen LogP contribution in [0.15, 0.2) is 30.4 Å². The monoisotopic (exact) mass is 234 g/mol. The molecule has 92 valence electrons. The molecule has 0 aromatic heterocycles. The zero-order chi connectivity index (χ0) is 13.0. The summed E-state index contributed by atoms with van der Waals surface area (Å²) in [4.78, 5) is 13.7. The van der Waals surface area contributed by atoms with Gasteiger partial charge in [0, 0.05) is 13.6 Å². The molecule has 0 spiro atoms. The van der Waals surface area contributed by atoms with Crippen LogP contribution in [0.3, 0.4) is 0 Å². The second-order valence-electron chi connectivity index (χ2n) is 4.04. The molecule has 1 aromatic carbocycles. The van der Waals surface area contributed by atoms with Gasteiger partial charge in [-0.15, -0.1) is 0 Å². The molecule has 0 fully saturated rings. The van der Waals surface area contributed by atoms with Crippen molar-refractivity contribution in [3.63, 3.8) is 0 Å². The molecule has 0 aliphatic rings. The predicted molar refractivity (Wildman–Crippen MR) is 69.2 cm³/mol. The van der Waals surface area contributed by atoms with Crippen LogP contribution in [0, 0.1) is 0 Å². The van der Waals surface area contributed by atoms with Gasteiger partial charge in [-0.2, -0.15) is 0 Å². The summed E-state index contributed by atoms with van der Waals surface area (Å²) in [6.45, 7) is 6.16. The third-order valence-corrected chi connectivity index (χ3v) is 2.37. The van der Waals surface area contributed by atoms with Gasteiger partial charge in [-0.3, -0.25) is 4.79 Å². The Hall–Kier alpha value is -1.97. The van der Waals surface area contributed by atoms with E-state index in [1.54, 1.807) is 30.1 Å². The third kappa shape index (κ3) is 3.00. The van der Waals surface area contributed by atoms with Crippen molar-refractivity contribution in [3.8, 4) is 5.75 Å². The number of nitrogen functional groups attached to an aromatic ring is 1. The highest BCUT2D eigenvalue weighted by Gasteiger charge is 2.16. The zero-order valence-corrected chi connectivity index (χ0v) is 10.5. The Labute approximate surface area is 102 Å². The van der Waals surface area contributed by atoms with Gasteiger partial charge >= 0.3 is 0 Å². The first-order valence-electron chi connectivity index (χ1n) is 5.29. The third-order valence-electron chi connectivity index (χ3n) is 2.37. The van der Waals surface area contributed by atoms with Gasteiger partial charge in [0.2, 0.25) is 0 Å². The van der Waals surface area contributed by atoms with E-state index in [2.05, 4.69) is 6.58 Å². The summed E-state index contributed by atoms with van der Waals surface area (Å²) >= 11 is 0. The van der Waals surface area contributed by atoms with Crippen LogP contribution in [0.1, 0.15) is 17.3 Å². The number of carbonyl (C=O) groups excluding carboxylic acids is 1. The van der Waals surface area contributed by atoms with Crippen LogP contribution in [0.4, 0.5) is 5.69 Å². The van der Waals surface area contributed by atoms with E-state index >= 15 is 0 Å². The molecule has 17 heavy (non-hydrogen) atoms. The number of likely N-dealkylation sites (N-methyl/N-ethyl adjacent to an activating group) is 1. The quantitative estimate of drug-likeness (QED) is 0.639. The van der Waals surface area contributed by atoms with Crippen LogP contribution >= 0.6 is 0 Å². The minimum Gasteiger partial charge on any atom is -0.495 e. The number of ether oxygens (including phenoxy) is 1. The lowest BCUT2D eigenvalue weighted by Crippen LogP contribution is -2.28. The minimum absolute atomic E-state index is 0.135. The van der Waals surface area contributed by atoms with Crippen LogP contribution in [0.25, 0.3) is 0 Å². The van der Waals surface area contributed by atoms with E-state index in [4.69, 9.17) is 10.5 Å². The Kier molecular flexibility index (Phi) is 4.15. The number of nitrogens with two attached hydrogens (primary N) is 1. The van der Waals surface area contributed by atoms with Gasteiger partial charge in [0.05, 0.1) is 18.4 Å². The molecule has 4 nitrogen and oxygen atoms in total. The van der Waals surface area contributed by atoms with Crippen LogP contribution in [-0.4, -0.2) is 31.5 Å². The van der Waals surface area contributed by atoms with E-state index in [0.717, 1.165) is 5.57 Å². The molecule has 0 aliphatic heterocycles. The Morgan fingerprint density at radius 2 is 2.18 bits per heavy atom. The van der Waals surface area contributed by atoms with Crippen molar-refractivity contribution in [1.82, 2.24) is 4.90 Å². The lowest BCUT2D eigenvalue weighted by Gasteiger charge is -2.18. The van der Waals surface area contributed by atoms with Crippen LogP contribution in [0.5, 0.6) is 5.75 Å². The summed E-state index contributed by atoms with van der Waals surface area (Å²) in [6, 6.07) is 5.16. The van der Waals surface area contributed by atoms with Crippen molar-refractivity contribution in [2.24, 2.45) is 0 Å². The molecule has 4 heteroatoms. The molecule has 0 saturated heterocycles. The molecule has 0 unspecified atom stereocenters. The molecular weight excluding hydrogens is 216 g/mol. The fraction of sp³-hybridized carbons (Fsp3) is 0.308. The molecule has 0 aliphatic carbocycles. The van der Waals surface area contributed by atoms with Crippen molar-refractivity contribution in [2.75, 3.05) is 26.4 Å². The number of benzene rings is 1. The zero-order valence-electron chi connectivity index (χ0n) is 10.5. The summed E-state index contributed by atoms with van der Waals surface area (Å²) in [6.07, 6.45) is 0. The highest BCUT2D eigenvalue weighted by Crippen LogP contribution is 2.25. The van der Waals surface area contributed by atoms with Crippen molar-refractivity contribution in [2.45, 2.75) is 6.92 Å². The van der Waals surface area contributed by atoms with E-state index in [9.17, 15) is 4.79 Å². The number of para-hydroxylation sites is 1. The van der Waals surface area contributed by atoms with Gasteiger partial charge in [-0.05, 0) is 19.1 Å². The number of rotatable bonds is 4. The standard InChI is InChI=1S/C13H18N2O2/c1-9(2)8-15(3)13(16)10-6-5-7-11(17-4)12(10)14/h5-7H,1,8,14H2,2-4H3. The summed E-state index contributed by atoms with van der Waals surface area (Å²) in [5.41, 5.74) is 7.61. The van der Waals surface area contributed by atoms with Gasteiger partial charge in [0.25, 0.3) is 5.91 Å². The molecule has 0 radical (unpaired) electrons. The number of anilines is 1. The van der Waals surface area contributed by atoms with Gasteiger partial charge in [0.15, 0.2) is 0 Å². The Balaban J connectivity index is 3.00. The molecule has 1 rings (SSSR count). The first-order valence-corrected chi connectivity index (χ1v) is 5.29. The van der Waals surface area contributed by atoms with Gasteiger partial charge in [-0.25, -0.2) is 0 Å². The number of carbonyl (C=O) groups is 1. The molecule has 0 bridgehead atoms. The summed E-state index contributed by atoms with van der Waals surface area (Å²) < 4.78 is 5.08. The number of methoxy groups -OCH3 is 1. The predicted octanol–water partition coefficient (Wildman–Crippen LogP) is 1.93. The van der Waals surface area contributed by atoms with E-state index in [1.165, 1.54) is 7.11 Å². The maximum atomic E-state index is 12.1. The SMILES string of the molecule is C=C(C)CN(C)C(=O)c1cccc(OC)c1N. The van der Waals surface area contributed by atoms with Crippen LogP contribution in [-0.2, 0) is 0 Å². The molecule has 1 aromatic rings. The largest absolute Gasteiger partial charge is 0.495 e. The molecular formula is C13H18N2O2. The second-order valence-corrected chi connectivity index (χ2v) is 4.04. The van der Waals surface area contributed by atoms with Crippen molar-refractivity contribution < 1.29 is 9.53 Å². The van der Waals surface area contributed by atoms with Crippen molar-refractivity contribution in [3.05, 3.63) is 35.9 Å². The highest BCUT2D eigenvalue weighted by molar-refractivity contribution is 6.00. The van der Waals surface area contributed by atoms with Gasteiger partial charge in [0.1, 0.15) is 5.75 Å². The maximum Gasteiger partial charge on any atom is 0.256 e. The first kappa shape index (κ1) is 13.1. The number of amides is 1. The molecule has 2 N–H and O–H groups in total. The summed E-state index contributed by atoms with van der Waals surface area (Å²) in [5, 5.41) is 0. The Bertz CT molecular complexity index is 441. The van der Waals surface area contributed by atoms with Crippen LogP contribution in [0.2, 0.25) is 0 Å². The number of hydrogen-bond donors (Lipinski definition) is 1. The van der Waals surface area contributed by atoms with E-state index in [0.29, 0.717) is 23.5 Å². The van der Waals surface area contributed by atoms with Gasteiger partial charge < -0.3 is 15.4 Å². The van der Waals surface area contributed by atoms with Gasteiger partial charge in [-0.1, -0.05) is 18.2 Å². The van der Waals surface area contributed by atoms with Crippen molar-refractivity contribution in [1.29, 1.82) is 0 Å². The average molecular weight is 234 g/mol. The summed E-state index contributed by atoms with van der Waals surface area (Å²) in [5.74, 6) is 0.379. The van der Waals surface area contributed by atoms with Crippen molar-refractivity contribution >= 4 is 11.6 Å². The molecule has 0 heterocycles. The van der Waals surface area contributed by atoms with E-state index < -0.39 is 0 Å². The lowest BCUT2D eigenvalue weighted by atomic mass is 10.1. The lowest BCUT2D eigenvalue weighted by molar-refractivity contribution is 0.0807. The summed E-state index contributed by atoms with van der Waals surface area (Å²) in [7, 11) is 3.24. The normalized spacial score (nSPS) is 9.82. The van der Waals surface area contributed by atoms with E-state index in [-0.39, 0.29) is 5.91 Å². The Morgan fingerprint density at radius 1 is 1.53 bits per heavy atom. The topological polar surface area (TPSA) is 55.6 Å². The van der Waals surface area contributed by atoms with E-state index in [1.807, 2.05) is 6.92 Å². The minimum atomic E-state index is -0.135. The fourth-order valence-corrected chi connectivity index (χ4v) is 1.59. The molecule has 0 saturated carbocycles.